The van der Waals surface area contributed by atoms with Gasteiger partial charge in [-0.25, -0.2) is 0 Å². The van der Waals surface area contributed by atoms with Gasteiger partial charge < -0.3 is 15.3 Å². The van der Waals surface area contributed by atoms with Crippen molar-refractivity contribution in [1.82, 2.24) is 0 Å². The van der Waals surface area contributed by atoms with E-state index >= 15 is 0 Å². The van der Waals surface area contributed by atoms with Crippen LogP contribution in [0.1, 0.15) is 135 Å². The smallest absolute Gasteiger partial charge is 0.303 e. The zero-order valence-electron chi connectivity index (χ0n) is 21.5. The second kappa shape index (κ2) is 21.9. The Labute approximate surface area is 203 Å². The normalized spacial score (nSPS) is 12.2. The lowest BCUT2D eigenvalue weighted by atomic mass is 9.88. The molecule has 0 aliphatic carbocycles. The molecule has 0 radical (unpaired) electrons. The van der Waals surface area contributed by atoms with Crippen LogP contribution >= 0.6 is 0 Å². The maximum atomic E-state index is 10.5. The molecule has 0 fully saturated rings. The van der Waals surface area contributed by atoms with E-state index in [1.807, 2.05) is 26.0 Å². The number of phenols is 1. The van der Waals surface area contributed by atoms with Crippen molar-refractivity contribution in [3.8, 4) is 5.75 Å². The van der Waals surface area contributed by atoms with Crippen molar-refractivity contribution in [2.75, 3.05) is 0 Å². The first kappa shape index (κ1) is 31.0. The van der Waals surface area contributed by atoms with E-state index in [2.05, 4.69) is 19.1 Å². The van der Waals surface area contributed by atoms with Gasteiger partial charge in [0.2, 0.25) is 0 Å². The molecule has 3 N–H and O–H groups in total. The Kier molecular flexibility index (Phi) is 20.5. The lowest BCUT2D eigenvalue weighted by molar-refractivity contribution is -0.137. The number of unbranched alkanes of at least 4 members (excludes halogenated alkanes) is 10. The first-order chi connectivity index (χ1) is 15.9. The van der Waals surface area contributed by atoms with Crippen LogP contribution in [0.15, 0.2) is 36.1 Å². The minimum atomic E-state index is -0.679. The van der Waals surface area contributed by atoms with E-state index in [1.165, 1.54) is 76.2 Å². The molecular formula is C29H50O4. The number of rotatable bonds is 18. The molecule has 0 heterocycles. The van der Waals surface area contributed by atoms with Crippen LogP contribution < -0.4 is 0 Å². The van der Waals surface area contributed by atoms with Crippen LogP contribution in [-0.4, -0.2) is 21.3 Å². The number of phenolic OH excluding ortho intramolecular Hbond substituents is 1. The first-order valence-electron chi connectivity index (χ1n) is 13.3. The van der Waals surface area contributed by atoms with Gasteiger partial charge in [-0.05, 0) is 55.9 Å². The molecule has 1 unspecified atom stereocenters. The molecule has 1 rings (SSSR count). The molecule has 0 spiro atoms. The van der Waals surface area contributed by atoms with E-state index in [9.17, 15) is 9.90 Å². The molecule has 1 aromatic carbocycles. The number of allylic oxidation sites excluding steroid dienone is 2. The monoisotopic (exact) mass is 462 g/mol. The van der Waals surface area contributed by atoms with Crippen LogP contribution in [0.5, 0.6) is 5.75 Å². The summed E-state index contributed by atoms with van der Waals surface area (Å²) in [5.74, 6) is 0.735. The largest absolute Gasteiger partial charge is 0.513 e. The van der Waals surface area contributed by atoms with Crippen molar-refractivity contribution in [2.24, 2.45) is 0 Å². The van der Waals surface area contributed by atoms with Gasteiger partial charge in [-0.15, -0.1) is 0 Å². The third-order valence-electron chi connectivity index (χ3n) is 6.16. The number of hydrogen-bond acceptors (Lipinski definition) is 3. The van der Waals surface area contributed by atoms with Gasteiger partial charge in [0.05, 0.1) is 5.76 Å². The molecule has 0 aliphatic rings. The van der Waals surface area contributed by atoms with Gasteiger partial charge in [-0.3, -0.25) is 4.79 Å². The summed E-state index contributed by atoms with van der Waals surface area (Å²) in [5, 5.41) is 26.7. The minimum absolute atomic E-state index is 0.307. The fraction of sp³-hybridized carbons (Fsp3) is 0.690. The van der Waals surface area contributed by atoms with E-state index < -0.39 is 5.97 Å². The second-order valence-electron chi connectivity index (χ2n) is 9.03. The van der Waals surface area contributed by atoms with Crippen molar-refractivity contribution < 1.29 is 20.1 Å². The summed E-state index contributed by atoms with van der Waals surface area (Å²) in [5.41, 5.74) is 1.36. The van der Waals surface area contributed by atoms with Gasteiger partial charge in [0.25, 0.3) is 0 Å². The fourth-order valence-corrected chi connectivity index (χ4v) is 3.97. The van der Waals surface area contributed by atoms with E-state index in [-0.39, 0.29) is 0 Å². The summed E-state index contributed by atoms with van der Waals surface area (Å²) >= 11 is 0. The van der Waals surface area contributed by atoms with E-state index in [4.69, 9.17) is 10.2 Å². The van der Waals surface area contributed by atoms with Gasteiger partial charge in [-0.1, -0.05) is 96.6 Å². The van der Waals surface area contributed by atoms with Crippen LogP contribution in [0.3, 0.4) is 0 Å². The zero-order chi connectivity index (χ0) is 24.7. The Morgan fingerprint density at radius 2 is 1.27 bits per heavy atom. The molecule has 190 valence electrons. The summed E-state index contributed by atoms with van der Waals surface area (Å²) in [4.78, 5) is 10.5. The highest BCUT2D eigenvalue weighted by Gasteiger charge is 2.11. The summed E-state index contributed by atoms with van der Waals surface area (Å²) < 4.78 is 0. The predicted octanol–water partition coefficient (Wildman–Crippen LogP) is 9.29. The molecule has 4 heteroatoms. The molecule has 0 saturated heterocycles. The highest BCUT2D eigenvalue weighted by atomic mass is 16.4. The van der Waals surface area contributed by atoms with E-state index in [0.29, 0.717) is 23.8 Å². The van der Waals surface area contributed by atoms with Crippen LogP contribution in [0.4, 0.5) is 0 Å². The summed E-state index contributed by atoms with van der Waals surface area (Å²) in [6, 6.07) is 7.80. The first-order valence-corrected chi connectivity index (χ1v) is 13.3. The number of benzene rings is 1. The number of aliphatic hydroxyl groups is 1. The van der Waals surface area contributed by atoms with Crippen molar-refractivity contribution in [3.05, 3.63) is 41.7 Å². The van der Waals surface area contributed by atoms with Crippen molar-refractivity contribution in [1.29, 1.82) is 0 Å². The van der Waals surface area contributed by atoms with Crippen molar-refractivity contribution in [3.63, 3.8) is 0 Å². The molecule has 0 amide bonds. The molecule has 0 aliphatic heterocycles. The molecular weight excluding hydrogens is 412 g/mol. The molecule has 0 bridgehead atoms. The Bertz CT molecular complexity index is 607. The van der Waals surface area contributed by atoms with Crippen LogP contribution in [0.25, 0.3) is 0 Å². The second-order valence-corrected chi connectivity index (χ2v) is 9.03. The number of carbonyl (C=O) groups is 1. The van der Waals surface area contributed by atoms with Crippen LogP contribution in [-0.2, 0) is 4.79 Å². The summed E-state index contributed by atoms with van der Waals surface area (Å²) in [7, 11) is 0. The molecule has 4 nitrogen and oxygen atoms in total. The Balaban J connectivity index is 0.00000150. The number of carboxylic acids is 1. The average molecular weight is 463 g/mol. The van der Waals surface area contributed by atoms with Gasteiger partial charge in [-0.2, -0.15) is 0 Å². The number of carboxylic acid groups (broad SMARTS) is 1. The van der Waals surface area contributed by atoms with E-state index in [0.717, 1.165) is 25.7 Å². The van der Waals surface area contributed by atoms with Crippen LogP contribution in [0, 0.1) is 0 Å². The number of aromatic hydroxyl groups is 1. The molecule has 0 aromatic heterocycles. The van der Waals surface area contributed by atoms with Crippen molar-refractivity contribution >= 4 is 5.97 Å². The maximum Gasteiger partial charge on any atom is 0.303 e. The van der Waals surface area contributed by atoms with Gasteiger partial charge in [0, 0.05) is 12.8 Å². The van der Waals surface area contributed by atoms with Crippen LogP contribution in [0.2, 0.25) is 0 Å². The Morgan fingerprint density at radius 1 is 0.788 bits per heavy atom. The SMILES string of the molecule is C/C=C(/O)CC.CCCCCCCCC(CCCCCCCCC(=O)O)c1ccc(O)cc1. The Morgan fingerprint density at radius 3 is 1.70 bits per heavy atom. The standard InChI is InChI=1S/C24H40O3.C5H10O/c1-2-3-4-5-8-11-14-21(22-17-19-23(25)20-18-22)15-12-9-6-7-10-13-16-24(26)27;1-3-5(6)4-2/h17-21,25H,2-16H2,1H3,(H,26,27);3,6H,4H2,1-2H3/b;5-3+. The van der Waals surface area contributed by atoms with Gasteiger partial charge >= 0.3 is 5.97 Å². The quantitative estimate of drug-likeness (QED) is 0.150. The fourth-order valence-electron chi connectivity index (χ4n) is 3.97. The molecule has 1 aromatic rings. The summed E-state index contributed by atoms with van der Waals surface area (Å²) in [6.45, 7) is 5.99. The topological polar surface area (TPSA) is 77.8 Å². The molecule has 0 saturated carbocycles. The average Bonchev–Trinajstić information content (AvgIpc) is 2.81. The number of hydrogen-bond donors (Lipinski definition) is 3. The number of aliphatic hydroxyl groups excluding tert-OH is 1. The minimum Gasteiger partial charge on any atom is -0.513 e. The maximum absolute atomic E-state index is 10.5. The third-order valence-corrected chi connectivity index (χ3v) is 6.16. The predicted molar refractivity (Wildman–Crippen MR) is 140 cm³/mol. The van der Waals surface area contributed by atoms with Gasteiger partial charge in [0.15, 0.2) is 0 Å². The van der Waals surface area contributed by atoms with Crippen molar-refractivity contribution in [2.45, 2.75) is 129 Å². The number of aliphatic carboxylic acids is 1. The molecule has 1 atom stereocenters. The zero-order valence-corrected chi connectivity index (χ0v) is 21.5. The third kappa shape index (κ3) is 19.2. The lowest BCUT2D eigenvalue weighted by Gasteiger charge is -2.18. The Hall–Kier alpha value is -1.97. The highest BCUT2D eigenvalue weighted by Crippen LogP contribution is 2.29. The highest BCUT2D eigenvalue weighted by molar-refractivity contribution is 5.66. The molecule has 33 heavy (non-hydrogen) atoms. The lowest BCUT2D eigenvalue weighted by Crippen LogP contribution is -2.00. The van der Waals surface area contributed by atoms with E-state index in [1.54, 1.807) is 6.08 Å². The summed E-state index contributed by atoms with van der Waals surface area (Å²) in [6.07, 6.45) is 19.9. The van der Waals surface area contributed by atoms with Gasteiger partial charge in [0.1, 0.15) is 5.75 Å².